The highest BCUT2D eigenvalue weighted by molar-refractivity contribution is 6.27. The fourth-order valence-electron chi connectivity index (χ4n) is 6.92. The van der Waals surface area contributed by atoms with Crippen LogP contribution in [0.15, 0.2) is 150 Å². The third kappa shape index (κ3) is 3.18. The molecule has 0 aliphatic heterocycles. The van der Waals surface area contributed by atoms with E-state index >= 15 is 0 Å². The summed E-state index contributed by atoms with van der Waals surface area (Å²) < 4.78 is 6.56. The SMILES string of the molecule is c1ccc2c(c1)ccc1cccc(-c3c4ccccc4c(-c4cccc5c4oc4ccccc45)c4ccccc34)c12. The fourth-order valence-corrected chi connectivity index (χ4v) is 6.92. The van der Waals surface area contributed by atoms with Crippen LogP contribution in [0.3, 0.4) is 0 Å². The quantitative estimate of drug-likeness (QED) is 0.163. The van der Waals surface area contributed by atoms with Crippen LogP contribution in [0.4, 0.5) is 0 Å². The van der Waals surface area contributed by atoms with Gasteiger partial charge >= 0.3 is 0 Å². The van der Waals surface area contributed by atoms with Crippen LogP contribution in [0.25, 0.3) is 87.3 Å². The number of rotatable bonds is 2. The smallest absolute Gasteiger partial charge is 0.143 e. The molecule has 9 aromatic rings. The van der Waals surface area contributed by atoms with Gasteiger partial charge in [0.15, 0.2) is 0 Å². The van der Waals surface area contributed by atoms with Crippen molar-refractivity contribution in [2.75, 3.05) is 0 Å². The first-order valence-electron chi connectivity index (χ1n) is 14.1. The summed E-state index contributed by atoms with van der Waals surface area (Å²) >= 11 is 0. The van der Waals surface area contributed by atoms with E-state index in [1.807, 2.05) is 6.07 Å². The van der Waals surface area contributed by atoms with E-state index < -0.39 is 0 Å². The van der Waals surface area contributed by atoms with Gasteiger partial charge in [0.25, 0.3) is 0 Å². The van der Waals surface area contributed by atoms with Gasteiger partial charge in [0.05, 0.1) is 0 Å². The van der Waals surface area contributed by atoms with Crippen LogP contribution in [0.5, 0.6) is 0 Å². The highest BCUT2D eigenvalue weighted by atomic mass is 16.3. The van der Waals surface area contributed by atoms with E-state index in [-0.39, 0.29) is 0 Å². The Hall–Kier alpha value is -5.40. The molecule has 9 rings (SSSR count). The molecular formula is C40H24O. The Bertz CT molecular complexity index is 2420. The van der Waals surface area contributed by atoms with Crippen LogP contribution in [0.2, 0.25) is 0 Å². The fraction of sp³-hybridized carbons (Fsp3) is 0. The molecule has 0 atom stereocenters. The molecule has 0 spiro atoms. The van der Waals surface area contributed by atoms with Crippen molar-refractivity contribution in [3.8, 4) is 22.3 Å². The topological polar surface area (TPSA) is 13.1 Å². The van der Waals surface area contributed by atoms with E-state index in [0.29, 0.717) is 0 Å². The first-order valence-corrected chi connectivity index (χ1v) is 14.1. The molecule has 0 amide bonds. The summed E-state index contributed by atoms with van der Waals surface area (Å²) in [7, 11) is 0. The van der Waals surface area contributed by atoms with Crippen LogP contribution in [0, 0.1) is 0 Å². The molecule has 0 radical (unpaired) electrons. The first-order chi connectivity index (χ1) is 20.4. The number of benzene rings is 8. The Morgan fingerprint density at radius 3 is 1.54 bits per heavy atom. The molecule has 1 heteroatoms. The van der Waals surface area contributed by atoms with Crippen LogP contribution < -0.4 is 0 Å². The Balaban J connectivity index is 1.47. The third-order valence-electron chi connectivity index (χ3n) is 8.64. The number of fused-ring (bicyclic) bond motifs is 8. The lowest BCUT2D eigenvalue weighted by atomic mass is 9.84. The van der Waals surface area contributed by atoms with Crippen molar-refractivity contribution in [1.29, 1.82) is 0 Å². The number of furan rings is 1. The second-order valence-corrected chi connectivity index (χ2v) is 10.8. The lowest BCUT2D eigenvalue weighted by molar-refractivity contribution is 0.670. The molecule has 41 heavy (non-hydrogen) atoms. The standard InChI is InChI=1S/C40H24O/c1-2-13-27-25(11-1)23-24-26-12-9-20-34(37(26)27)38-29-15-3-5-17-31(29)39(32-18-6-4-16-30(32)38)35-21-10-19-33-28-14-7-8-22-36(28)41-40(33)35/h1-24H. The van der Waals surface area contributed by atoms with E-state index in [1.54, 1.807) is 0 Å². The summed E-state index contributed by atoms with van der Waals surface area (Å²) in [5, 5.41) is 12.3. The molecule has 1 nitrogen and oxygen atoms in total. The zero-order chi connectivity index (χ0) is 26.9. The van der Waals surface area contributed by atoms with E-state index in [4.69, 9.17) is 4.42 Å². The Kier molecular flexibility index (Phi) is 4.67. The van der Waals surface area contributed by atoms with Crippen LogP contribution in [0.1, 0.15) is 0 Å². The number of hydrogen-bond acceptors (Lipinski definition) is 1. The number of hydrogen-bond donors (Lipinski definition) is 0. The summed E-state index contributed by atoms with van der Waals surface area (Å²) in [6, 6.07) is 52.5. The minimum atomic E-state index is 0.919. The normalized spacial score (nSPS) is 11.9. The van der Waals surface area contributed by atoms with Gasteiger partial charge in [-0.1, -0.05) is 140 Å². The van der Waals surface area contributed by atoms with E-state index in [9.17, 15) is 0 Å². The van der Waals surface area contributed by atoms with Crippen molar-refractivity contribution in [1.82, 2.24) is 0 Å². The van der Waals surface area contributed by atoms with Gasteiger partial charge in [-0.15, -0.1) is 0 Å². The Morgan fingerprint density at radius 2 is 0.805 bits per heavy atom. The molecular weight excluding hydrogens is 496 g/mol. The molecule has 0 fully saturated rings. The van der Waals surface area contributed by atoms with Gasteiger partial charge in [-0.25, -0.2) is 0 Å². The molecule has 0 saturated heterocycles. The van der Waals surface area contributed by atoms with Crippen molar-refractivity contribution >= 4 is 65.0 Å². The minimum absolute atomic E-state index is 0.919. The van der Waals surface area contributed by atoms with Crippen LogP contribution >= 0.6 is 0 Å². The molecule has 0 N–H and O–H groups in total. The van der Waals surface area contributed by atoms with Crippen LogP contribution in [-0.2, 0) is 0 Å². The summed E-state index contributed by atoms with van der Waals surface area (Å²) in [5.41, 5.74) is 6.74. The molecule has 1 heterocycles. The predicted octanol–water partition coefficient (Wildman–Crippen LogP) is 11.5. The van der Waals surface area contributed by atoms with E-state index in [0.717, 1.165) is 27.5 Å². The molecule has 190 valence electrons. The Labute approximate surface area is 236 Å². The predicted molar refractivity (Wildman–Crippen MR) is 175 cm³/mol. The molecule has 0 unspecified atom stereocenters. The maximum absolute atomic E-state index is 6.56. The van der Waals surface area contributed by atoms with Crippen molar-refractivity contribution < 1.29 is 4.42 Å². The molecule has 0 aliphatic rings. The zero-order valence-electron chi connectivity index (χ0n) is 22.3. The van der Waals surface area contributed by atoms with Crippen molar-refractivity contribution in [2.24, 2.45) is 0 Å². The third-order valence-corrected chi connectivity index (χ3v) is 8.64. The van der Waals surface area contributed by atoms with Gasteiger partial charge in [0.2, 0.25) is 0 Å². The molecule has 0 saturated carbocycles. The largest absolute Gasteiger partial charge is 0.455 e. The monoisotopic (exact) mass is 520 g/mol. The molecule has 1 aromatic heterocycles. The summed E-state index contributed by atoms with van der Waals surface area (Å²) in [5.74, 6) is 0. The van der Waals surface area contributed by atoms with E-state index in [1.165, 1.54) is 59.8 Å². The lowest BCUT2D eigenvalue weighted by Gasteiger charge is -2.19. The first kappa shape index (κ1) is 22.4. The highest BCUT2D eigenvalue weighted by Gasteiger charge is 2.21. The maximum atomic E-state index is 6.56. The zero-order valence-corrected chi connectivity index (χ0v) is 22.3. The number of para-hydroxylation sites is 2. The highest BCUT2D eigenvalue weighted by Crippen LogP contribution is 2.48. The molecule has 0 aliphatic carbocycles. The van der Waals surface area contributed by atoms with Gasteiger partial charge in [-0.05, 0) is 60.3 Å². The minimum Gasteiger partial charge on any atom is -0.455 e. The second kappa shape index (κ2) is 8.55. The summed E-state index contributed by atoms with van der Waals surface area (Å²) in [4.78, 5) is 0. The maximum Gasteiger partial charge on any atom is 0.143 e. The van der Waals surface area contributed by atoms with Gasteiger partial charge in [-0.2, -0.15) is 0 Å². The average molecular weight is 521 g/mol. The average Bonchev–Trinajstić information content (AvgIpc) is 3.42. The lowest BCUT2D eigenvalue weighted by Crippen LogP contribution is -1.92. The van der Waals surface area contributed by atoms with Crippen molar-refractivity contribution in [3.05, 3.63) is 146 Å². The summed E-state index contributed by atoms with van der Waals surface area (Å²) in [6.07, 6.45) is 0. The van der Waals surface area contributed by atoms with E-state index in [2.05, 4.69) is 140 Å². The van der Waals surface area contributed by atoms with Crippen molar-refractivity contribution in [3.63, 3.8) is 0 Å². The van der Waals surface area contributed by atoms with Gasteiger partial charge in [-0.3, -0.25) is 0 Å². The van der Waals surface area contributed by atoms with Gasteiger partial charge < -0.3 is 4.42 Å². The second-order valence-electron chi connectivity index (χ2n) is 10.8. The van der Waals surface area contributed by atoms with Gasteiger partial charge in [0, 0.05) is 21.9 Å². The molecule has 8 aromatic carbocycles. The Morgan fingerprint density at radius 1 is 0.317 bits per heavy atom. The van der Waals surface area contributed by atoms with Crippen LogP contribution in [-0.4, -0.2) is 0 Å². The van der Waals surface area contributed by atoms with Crippen molar-refractivity contribution in [2.45, 2.75) is 0 Å². The molecule has 0 bridgehead atoms. The van der Waals surface area contributed by atoms with Gasteiger partial charge in [0.1, 0.15) is 11.2 Å². The summed E-state index contributed by atoms with van der Waals surface area (Å²) in [6.45, 7) is 0.